The van der Waals surface area contributed by atoms with Gasteiger partial charge in [-0.05, 0) is 0 Å². The van der Waals surface area contributed by atoms with E-state index in [9.17, 15) is 0 Å². The molecule has 4 heteroatoms. The predicted molar refractivity (Wildman–Crippen MR) is 110 cm³/mol. The molecule has 5 rings (SSSR count). The Labute approximate surface area is 174 Å². The number of fused-ring (bicyclic) bond motifs is 3. The van der Waals surface area contributed by atoms with Crippen LogP contribution in [0.15, 0.2) is 16.5 Å². The summed E-state index contributed by atoms with van der Waals surface area (Å²) in [7, 11) is 0. The quantitative estimate of drug-likeness (QED) is 0.330. The maximum atomic E-state index is 6.62. The molecule has 3 heterocycles. The Kier molecular flexibility index (Phi) is 4.79. The van der Waals surface area contributed by atoms with Gasteiger partial charge in [-0.1, -0.05) is 0 Å². The van der Waals surface area contributed by atoms with Crippen molar-refractivity contribution in [3.05, 3.63) is 52.4 Å². The predicted octanol–water partition coefficient (Wildman–Crippen LogP) is 5.24. The van der Waals surface area contributed by atoms with Gasteiger partial charge in [0.2, 0.25) is 0 Å². The fourth-order valence-electron chi connectivity index (χ4n) is 4.93. The molecule has 0 unspecified atom stereocenters. The molecule has 3 nitrogen and oxygen atoms in total. The van der Waals surface area contributed by atoms with Gasteiger partial charge in [-0.15, -0.1) is 0 Å². The van der Waals surface area contributed by atoms with Crippen molar-refractivity contribution in [3.63, 3.8) is 0 Å². The van der Waals surface area contributed by atoms with Crippen LogP contribution >= 0.6 is 0 Å². The maximum absolute atomic E-state index is 6.62. The van der Waals surface area contributed by atoms with Crippen molar-refractivity contribution in [2.24, 2.45) is 0 Å². The van der Waals surface area contributed by atoms with Crippen LogP contribution in [0.2, 0.25) is 0 Å². The fraction of sp³-hybridized carbons (Fsp3) is 0.417. The van der Waals surface area contributed by atoms with E-state index in [0.29, 0.717) is 0 Å². The SMILES string of the molecule is [CH2-]CCc1cc2nc3cc4c5c(c3oc-2c(CC[CH2-])[c]1=[Ni])CCCN5CCC4. The Balaban J connectivity index is 1.83. The zero-order valence-electron chi connectivity index (χ0n) is 16.3. The van der Waals surface area contributed by atoms with E-state index < -0.39 is 0 Å². The molecule has 1 aromatic carbocycles. The van der Waals surface area contributed by atoms with E-state index in [-0.39, 0.29) is 0 Å². The van der Waals surface area contributed by atoms with Gasteiger partial charge >= 0.3 is 174 Å². The molecule has 0 saturated heterocycles. The molecule has 150 valence electrons. The molecular formula is C24H26N2NiO-2. The first kappa shape index (κ1) is 18.4. The van der Waals surface area contributed by atoms with Crippen LogP contribution in [-0.4, -0.2) is 18.1 Å². The zero-order chi connectivity index (χ0) is 19.3. The van der Waals surface area contributed by atoms with Gasteiger partial charge in [0.1, 0.15) is 0 Å². The van der Waals surface area contributed by atoms with E-state index in [4.69, 9.17) is 24.4 Å². The minimum absolute atomic E-state index is 0.803. The van der Waals surface area contributed by atoms with Crippen LogP contribution in [0.4, 0.5) is 5.69 Å². The molecule has 0 amide bonds. The Morgan fingerprint density at radius 3 is 2.64 bits per heavy atom. The molecule has 0 N–H and O–H groups in total. The van der Waals surface area contributed by atoms with Crippen molar-refractivity contribution < 1.29 is 19.4 Å². The number of aromatic nitrogens is 1. The van der Waals surface area contributed by atoms with Crippen LogP contribution < -0.4 is 4.90 Å². The Bertz CT molecular complexity index is 1080. The van der Waals surface area contributed by atoms with E-state index >= 15 is 0 Å². The van der Waals surface area contributed by atoms with Gasteiger partial charge in [-0.25, -0.2) is 0 Å². The van der Waals surface area contributed by atoms with Crippen LogP contribution in [0.1, 0.15) is 47.9 Å². The van der Waals surface area contributed by atoms with Crippen LogP contribution in [-0.2, 0) is 40.7 Å². The molecule has 0 atom stereocenters. The second kappa shape index (κ2) is 7.30. The summed E-state index contributed by atoms with van der Waals surface area (Å²) >= 11 is 5.45. The molecule has 3 aliphatic heterocycles. The standard InChI is InChI=1S/C24H26N2O.Ni/c1-3-7-16-13-18(8-4-2)23-20(14-16)25-21-15-17-9-5-11-26-12-6-10-19(22(17)26)24(21)27-23;/h14-15H,1-12H2;/q-2;. The van der Waals surface area contributed by atoms with Gasteiger partial charge < -0.3 is 0 Å². The van der Waals surface area contributed by atoms with E-state index in [0.717, 1.165) is 83.9 Å². The molecule has 0 fully saturated rings. The Hall–Kier alpha value is -1.67. The van der Waals surface area contributed by atoms with Gasteiger partial charge in [0.15, 0.2) is 0 Å². The van der Waals surface area contributed by atoms with Gasteiger partial charge in [0.05, 0.1) is 0 Å². The van der Waals surface area contributed by atoms with Crippen molar-refractivity contribution >= 4 is 16.8 Å². The van der Waals surface area contributed by atoms with Crippen LogP contribution in [0.25, 0.3) is 22.6 Å². The van der Waals surface area contributed by atoms with E-state index in [1.54, 1.807) is 0 Å². The summed E-state index contributed by atoms with van der Waals surface area (Å²) < 4.78 is 7.58. The molecular weight excluding hydrogens is 391 g/mol. The summed E-state index contributed by atoms with van der Waals surface area (Å²) in [6, 6.07) is 4.40. The molecule has 0 saturated carbocycles. The molecule has 0 aromatic heterocycles. The number of anilines is 1. The van der Waals surface area contributed by atoms with Crippen molar-refractivity contribution in [1.82, 2.24) is 4.98 Å². The average molecular weight is 417 g/mol. The van der Waals surface area contributed by atoms with Crippen LogP contribution in [0, 0.1) is 18.0 Å². The van der Waals surface area contributed by atoms with Gasteiger partial charge in [0, 0.05) is 0 Å². The third-order valence-corrected chi connectivity index (χ3v) is 6.71. The number of aryl methyl sites for hydroxylation is 3. The van der Waals surface area contributed by atoms with Crippen LogP contribution in [0.3, 0.4) is 0 Å². The summed E-state index contributed by atoms with van der Waals surface area (Å²) in [6.45, 7) is 10.4. The van der Waals surface area contributed by atoms with E-state index in [1.165, 1.54) is 35.2 Å². The van der Waals surface area contributed by atoms with Gasteiger partial charge in [0.25, 0.3) is 0 Å². The Morgan fingerprint density at radius 1 is 1.07 bits per heavy atom. The fourth-order valence-corrected chi connectivity index (χ4v) is 5.36. The summed E-state index contributed by atoms with van der Waals surface area (Å²) in [6.07, 6.45) is 7.98. The summed E-state index contributed by atoms with van der Waals surface area (Å²) in [4.78, 5) is 7.62. The molecule has 1 aliphatic carbocycles. The molecule has 0 radical (unpaired) electrons. The van der Waals surface area contributed by atoms with Crippen LogP contribution in [0.5, 0.6) is 0 Å². The average Bonchev–Trinajstić information content (AvgIpc) is 2.71. The topological polar surface area (TPSA) is 29.3 Å². The zero-order valence-corrected chi connectivity index (χ0v) is 17.2. The Morgan fingerprint density at radius 2 is 1.86 bits per heavy atom. The third kappa shape index (κ3) is 2.84. The normalized spacial score (nSPS) is 16.1. The molecule has 28 heavy (non-hydrogen) atoms. The number of benzene rings is 2. The summed E-state index contributed by atoms with van der Waals surface area (Å²) in [5.74, 6) is 0.870. The third-order valence-electron chi connectivity index (χ3n) is 6.10. The van der Waals surface area contributed by atoms with Gasteiger partial charge in [-0.3, -0.25) is 0 Å². The molecule has 0 bridgehead atoms. The van der Waals surface area contributed by atoms with Crippen molar-refractivity contribution in [2.75, 3.05) is 18.0 Å². The van der Waals surface area contributed by atoms with Crippen molar-refractivity contribution in [2.45, 2.75) is 51.4 Å². The first-order valence-corrected chi connectivity index (χ1v) is 10.9. The first-order chi connectivity index (χ1) is 13.7. The minimum atomic E-state index is 0.803. The summed E-state index contributed by atoms with van der Waals surface area (Å²) in [5.41, 5.74) is 9.39. The monoisotopic (exact) mass is 416 g/mol. The number of hydrogen-bond donors (Lipinski definition) is 0. The number of nitrogens with zero attached hydrogens (tertiary/aromatic N) is 2. The molecule has 4 aliphatic rings. The molecule has 0 spiro atoms. The number of hydrogen-bond acceptors (Lipinski definition) is 3. The number of rotatable bonds is 4. The summed E-state index contributed by atoms with van der Waals surface area (Å²) in [5, 5.41) is 0. The van der Waals surface area contributed by atoms with E-state index in [2.05, 4.69) is 30.9 Å². The van der Waals surface area contributed by atoms with Gasteiger partial charge in [-0.2, -0.15) is 0 Å². The van der Waals surface area contributed by atoms with E-state index in [1.807, 2.05) is 0 Å². The van der Waals surface area contributed by atoms with Crippen molar-refractivity contribution in [1.29, 1.82) is 0 Å². The molecule has 1 aromatic rings. The second-order valence-corrected chi connectivity index (χ2v) is 8.47. The second-order valence-electron chi connectivity index (χ2n) is 7.97. The first-order valence-electron chi connectivity index (χ1n) is 10.4. The van der Waals surface area contributed by atoms with Crippen molar-refractivity contribution in [3.8, 4) is 11.5 Å².